The molecule has 1 saturated carbocycles. The second kappa shape index (κ2) is 5.95. The van der Waals surface area contributed by atoms with Crippen LogP contribution in [0.15, 0.2) is 28.7 Å². The Bertz CT molecular complexity index is 645. The molecule has 4 nitrogen and oxygen atoms in total. The van der Waals surface area contributed by atoms with Gasteiger partial charge in [0.25, 0.3) is 0 Å². The van der Waals surface area contributed by atoms with Crippen molar-refractivity contribution in [1.82, 2.24) is 0 Å². The summed E-state index contributed by atoms with van der Waals surface area (Å²) in [6, 6.07) is 7.58. The first-order valence-corrected chi connectivity index (χ1v) is 9.72. The summed E-state index contributed by atoms with van der Waals surface area (Å²) in [6.45, 7) is 2.59. The molecule has 0 radical (unpaired) electrons. The van der Waals surface area contributed by atoms with E-state index in [-0.39, 0.29) is 17.5 Å². The number of rotatable bonds is 6. The molecule has 0 bridgehead atoms. The van der Waals surface area contributed by atoms with Crippen LogP contribution in [0.1, 0.15) is 18.4 Å². The van der Waals surface area contributed by atoms with E-state index in [1.54, 1.807) is 0 Å². The Morgan fingerprint density at radius 2 is 2.00 bits per heavy atom. The zero-order chi connectivity index (χ0) is 15.8. The molecule has 1 fully saturated rings. The van der Waals surface area contributed by atoms with Crippen molar-refractivity contribution in [2.45, 2.75) is 18.1 Å². The molecule has 1 aromatic carbocycles. The summed E-state index contributed by atoms with van der Waals surface area (Å²) in [6.07, 6.45) is 1.23. The van der Waals surface area contributed by atoms with Crippen molar-refractivity contribution in [3.05, 3.63) is 34.3 Å². The summed E-state index contributed by atoms with van der Waals surface area (Å²) in [5, 5.41) is -0.616. The molecule has 0 aromatic heterocycles. The highest BCUT2D eigenvalue weighted by atomic mass is 79.9. The molecule has 1 aromatic rings. The zero-order valence-corrected chi connectivity index (χ0v) is 15.1. The number of sulfone groups is 1. The van der Waals surface area contributed by atoms with Crippen LogP contribution in [0.3, 0.4) is 0 Å². The summed E-state index contributed by atoms with van der Waals surface area (Å²) in [5.41, 5.74) is 6.01. The first-order valence-electron chi connectivity index (χ1n) is 6.57. The lowest BCUT2D eigenvalue weighted by Gasteiger charge is -2.16. The minimum Gasteiger partial charge on any atom is -0.393 e. The fourth-order valence-electron chi connectivity index (χ4n) is 2.98. The lowest BCUT2D eigenvalue weighted by molar-refractivity contribution is 0.121. The van der Waals surface area contributed by atoms with Crippen LogP contribution in [0.2, 0.25) is 0 Å². The summed E-state index contributed by atoms with van der Waals surface area (Å²) in [4.78, 5) is 0.208. The van der Waals surface area contributed by atoms with Gasteiger partial charge in [0.05, 0.1) is 22.3 Å². The molecule has 2 N–H and O–H groups in total. The highest BCUT2D eigenvalue weighted by Crippen LogP contribution is 2.63. The number of thiocarbonyl (C=S) groups is 1. The van der Waals surface area contributed by atoms with E-state index in [0.29, 0.717) is 6.61 Å². The second-order valence-electron chi connectivity index (χ2n) is 5.32. The van der Waals surface area contributed by atoms with Crippen LogP contribution in [0.4, 0.5) is 0 Å². The highest BCUT2D eigenvalue weighted by Gasteiger charge is 2.71. The lowest BCUT2D eigenvalue weighted by Crippen LogP contribution is -2.33. The Labute approximate surface area is 139 Å². The second-order valence-corrected chi connectivity index (χ2v) is 8.84. The van der Waals surface area contributed by atoms with Crippen LogP contribution in [0.5, 0.6) is 0 Å². The number of ether oxygens (including phenoxy) is 1. The van der Waals surface area contributed by atoms with Gasteiger partial charge in [0, 0.05) is 23.3 Å². The summed E-state index contributed by atoms with van der Waals surface area (Å²) in [5.74, 6) is -0.246. The smallest absolute Gasteiger partial charge is 0.152 e. The normalized spacial score (nSPS) is 28.3. The van der Waals surface area contributed by atoms with Gasteiger partial charge in [-0.2, -0.15) is 0 Å². The van der Waals surface area contributed by atoms with Gasteiger partial charge in [0.15, 0.2) is 9.84 Å². The molecule has 1 aliphatic rings. The summed E-state index contributed by atoms with van der Waals surface area (Å²) >= 11 is 8.56. The van der Waals surface area contributed by atoms with E-state index in [2.05, 4.69) is 15.9 Å². The molecule has 2 rings (SSSR count). The molecule has 0 amide bonds. The molecule has 0 heterocycles. The van der Waals surface area contributed by atoms with E-state index in [1.807, 2.05) is 31.2 Å². The molecule has 0 saturated heterocycles. The van der Waals surface area contributed by atoms with Crippen LogP contribution in [-0.2, 0) is 14.6 Å². The van der Waals surface area contributed by atoms with E-state index in [4.69, 9.17) is 22.7 Å². The molecule has 0 spiro atoms. The Kier molecular flexibility index (Phi) is 4.78. The van der Waals surface area contributed by atoms with Crippen LogP contribution >= 0.6 is 28.1 Å². The number of hydrogen-bond acceptors (Lipinski definition) is 4. The van der Waals surface area contributed by atoms with E-state index in [0.717, 1.165) is 10.0 Å². The van der Waals surface area contributed by atoms with Gasteiger partial charge in [0.2, 0.25) is 0 Å². The first-order chi connectivity index (χ1) is 9.75. The van der Waals surface area contributed by atoms with Crippen molar-refractivity contribution in [1.29, 1.82) is 0 Å². The van der Waals surface area contributed by atoms with Gasteiger partial charge in [-0.1, -0.05) is 40.3 Å². The molecule has 1 aliphatic carbocycles. The monoisotopic (exact) mass is 391 g/mol. The molecule has 21 heavy (non-hydrogen) atoms. The fraction of sp³-hybridized carbons (Fsp3) is 0.500. The van der Waals surface area contributed by atoms with Crippen molar-refractivity contribution in [3.63, 3.8) is 0 Å². The van der Waals surface area contributed by atoms with Gasteiger partial charge in [-0.25, -0.2) is 8.42 Å². The third-order valence-electron chi connectivity index (χ3n) is 3.95. The van der Waals surface area contributed by atoms with E-state index in [9.17, 15) is 8.42 Å². The highest BCUT2D eigenvalue weighted by molar-refractivity contribution is 9.10. The minimum atomic E-state index is -3.28. The molecule has 3 atom stereocenters. The Hall–Kier alpha value is -0.500. The summed E-state index contributed by atoms with van der Waals surface area (Å²) in [7, 11) is -3.28. The van der Waals surface area contributed by atoms with Gasteiger partial charge in [0.1, 0.15) is 0 Å². The lowest BCUT2D eigenvalue weighted by atomic mass is 10.00. The van der Waals surface area contributed by atoms with Crippen LogP contribution in [0, 0.1) is 5.41 Å². The Balaban J connectivity index is 2.46. The predicted molar refractivity (Wildman–Crippen MR) is 91.2 cm³/mol. The number of hydrogen-bond donors (Lipinski definition) is 1. The maximum atomic E-state index is 12.1. The third kappa shape index (κ3) is 3.02. The quantitative estimate of drug-likeness (QED) is 0.753. The van der Waals surface area contributed by atoms with Crippen LogP contribution in [0.25, 0.3) is 0 Å². The minimum absolute atomic E-state index is 0.208. The van der Waals surface area contributed by atoms with Gasteiger partial charge in [-0.3, -0.25) is 0 Å². The fourth-order valence-corrected chi connectivity index (χ4v) is 5.56. The van der Waals surface area contributed by atoms with Gasteiger partial charge in [-0.05, 0) is 24.6 Å². The van der Waals surface area contributed by atoms with E-state index in [1.165, 1.54) is 6.26 Å². The Morgan fingerprint density at radius 3 is 2.43 bits per heavy atom. The first kappa shape index (κ1) is 16.9. The van der Waals surface area contributed by atoms with Gasteiger partial charge < -0.3 is 10.5 Å². The molecular formula is C14H18BrNO3S2. The predicted octanol–water partition coefficient (Wildman–Crippen LogP) is 2.27. The average molecular weight is 392 g/mol. The van der Waals surface area contributed by atoms with Gasteiger partial charge >= 0.3 is 0 Å². The van der Waals surface area contributed by atoms with Crippen molar-refractivity contribution >= 4 is 43.0 Å². The van der Waals surface area contributed by atoms with Crippen molar-refractivity contribution in [2.75, 3.05) is 19.5 Å². The Morgan fingerprint density at radius 1 is 1.43 bits per heavy atom. The SMILES string of the molecule is CCOC[C@@]1(C(N)=S)[C@H](S(C)(=O)=O)[C@@H]1c1ccc(Br)cc1. The number of benzene rings is 1. The number of nitrogens with two attached hydrogens (primary N) is 1. The standard InChI is InChI=1S/C14H18BrNO3S2/c1-3-19-8-14(13(16)20)11(12(14)21(2,17)18)9-4-6-10(15)7-5-9/h4-7,11-12H,3,8H2,1-2H3,(H2,16,20)/t11-,12+,14-/m0/s1. The van der Waals surface area contributed by atoms with Crippen LogP contribution in [-0.4, -0.2) is 38.1 Å². The molecule has 116 valence electrons. The molecule has 0 unspecified atom stereocenters. The van der Waals surface area contributed by atoms with Crippen molar-refractivity contribution in [3.8, 4) is 0 Å². The third-order valence-corrected chi connectivity index (χ3v) is 6.47. The van der Waals surface area contributed by atoms with E-state index >= 15 is 0 Å². The zero-order valence-electron chi connectivity index (χ0n) is 11.9. The maximum Gasteiger partial charge on any atom is 0.152 e. The molecule has 7 heteroatoms. The van der Waals surface area contributed by atoms with E-state index < -0.39 is 20.5 Å². The molecule has 0 aliphatic heterocycles. The maximum absolute atomic E-state index is 12.1. The average Bonchev–Trinajstić information content (AvgIpc) is 3.08. The summed E-state index contributed by atoms with van der Waals surface area (Å²) < 4.78 is 30.7. The number of halogens is 1. The van der Waals surface area contributed by atoms with Crippen molar-refractivity contribution in [2.24, 2.45) is 11.1 Å². The largest absolute Gasteiger partial charge is 0.393 e. The van der Waals surface area contributed by atoms with Gasteiger partial charge in [-0.15, -0.1) is 0 Å². The topological polar surface area (TPSA) is 69.4 Å². The molecular weight excluding hydrogens is 374 g/mol. The van der Waals surface area contributed by atoms with Crippen LogP contribution < -0.4 is 5.73 Å². The van der Waals surface area contributed by atoms with Crippen molar-refractivity contribution < 1.29 is 13.2 Å².